The van der Waals surface area contributed by atoms with E-state index in [0.29, 0.717) is 19.5 Å². The molecule has 1 fully saturated rings. The summed E-state index contributed by atoms with van der Waals surface area (Å²) in [6, 6.07) is 8.84. The summed E-state index contributed by atoms with van der Waals surface area (Å²) in [6.07, 6.45) is 10.3. The Balaban J connectivity index is 2.00. The zero-order valence-corrected chi connectivity index (χ0v) is 20.2. The van der Waals surface area contributed by atoms with Gasteiger partial charge in [-0.1, -0.05) is 82.2 Å². The fourth-order valence-corrected chi connectivity index (χ4v) is 4.35. The van der Waals surface area contributed by atoms with Crippen molar-refractivity contribution in [1.29, 1.82) is 0 Å². The zero-order chi connectivity index (χ0) is 23.9. The summed E-state index contributed by atoms with van der Waals surface area (Å²) in [4.78, 5) is 40.0. The van der Waals surface area contributed by atoms with Crippen LogP contribution in [0.2, 0.25) is 0 Å². The molecule has 1 heterocycles. The molecule has 2 rings (SSSR count). The molecule has 4 N–H and O–H groups in total. The second-order valence-corrected chi connectivity index (χ2v) is 9.04. The number of nitrogens with two attached hydrogens (primary N) is 1. The third kappa shape index (κ3) is 9.95. The summed E-state index contributed by atoms with van der Waals surface area (Å²) in [5.74, 6) is -0.348. The maximum absolute atomic E-state index is 13.3. The van der Waals surface area contributed by atoms with Crippen LogP contribution in [0.25, 0.3) is 0 Å². The third-order valence-corrected chi connectivity index (χ3v) is 6.22. The van der Waals surface area contributed by atoms with E-state index < -0.39 is 6.04 Å². The van der Waals surface area contributed by atoms with Gasteiger partial charge in [-0.15, -0.1) is 0 Å². The van der Waals surface area contributed by atoms with Gasteiger partial charge in [0.25, 0.3) is 0 Å². The minimum Gasteiger partial charge on any atom is -0.356 e. The number of rotatable bonds is 16. The van der Waals surface area contributed by atoms with Gasteiger partial charge in [-0.05, 0) is 24.9 Å². The van der Waals surface area contributed by atoms with Gasteiger partial charge in [-0.25, -0.2) is 0 Å². The molecule has 3 amide bonds. The molecule has 0 bridgehead atoms. The van der Waals surface area contributed by atoms with Gasteiger partial charge in [-0.3, -0.25) is 14.4 Å². The summed E-state index contributed by atoms with van der Waals surface area (Å²) in [7, 11) is 0. The summed E-state index contributed by atoms with van der Waals surface area (Å²) >= 11 is 0. The fourth-order valence-electron chi connectivity index (χ4n) is 4.35. The van der Waals surface area contributed by atoms with Crippen LogP contribution in [-0.2, 0) is 20.8 Å². The molecule has 7 heteroatoms. The number of piperazine rings is 1. The number of unbranched alkanes of at least 4 members (excludes halogenated alkanes) is 6. The van der Waals surface area contributed by atoms with Crippen LogP contribution < -0.4 is 16.4 Å². The van der Waals surface area contributed by atoms with Crippen LogP contribution >= 0.6 is 0 Å². The molecule has 0 saturated carbocycles. The van der Waals surface area contributed by atoms with E-state index in [9.17, 15) is 14.4 Å². The lowest BCUT2D eigenvalue weighted by molar-refractivity contribution is -0.147. The molecular weight excluding hydrogens is 416 g/mol. The molecule has 0 radical (unpaired) electrons. The number of amides is 3. The Labute approximate surface area is 198 Å². The van der Waals surface area contributed by atoms with E-state index in [-0.39, 0.29) is 36.7 Å². The smallest absolute Gasteiger partial charge is 0.246 e. The third-order valence-electron chi connectivity index (χ3n) is 6.22. The Morgan fingerprint density at radius 2 is 1.79 bits per heavy atom. The van der Waals surface area contributed by atoms with Crippen LogP contribution in [0.1, 0.15) is 76.7 Å². The first-order valence-electron chi connectivity index (χ1n) is 12.7. The predicted molar refractivity (Wildman–Crippen MR) is 131 cm³/mol. The lowest BCUT2D eigenvalue weighted by Crippen LogP contribution is -2.61. The van der Waals surface area contributed by atoms with Gasteiger partial charge in [0.2, 0.25) is 17.7 Å². The second-order valence-electron chi connectivity index (χ2n) is 9.04. The van der Waals surface area contributed by atoms with Gasteiger partial charge in [0, 0.05) is 25.4 Å². The quantitative estimate of drug-likeness (QED) is 0.331. The number of hydrogen-bond acceptors (Lipinski definition) is 4. The molecule has 1 aromatic carbocycles. The van der Waals surface area contributed by atoms with Crippen molar-refractivity contribution in [2.45, 2.75) is 89.6 Å². The highest BCUT2D eigenvalue weighted by Gasteiger charge is 2.37. The molecule has 1 saturated heterocycles. The Kier molecular flexibility index (Phi) is 12.6. The second kappa shape index (κ2) is 15.4. The lowest BCUT2D eigenvalue weighted by atomic mass is 9.97. The maximum Gasteiger partial charge on any atom is 0.246 e. The number of benzene rings is 1. The van der Waals surface area contributed by atoms with Crippen molar-refractivity contribution in [3.8, 4) is 0 Å². The van der Waals surface area contributed by atoms with Crippen molar-refractivity contribution < 1.29 is 14.4 Å². The van der Waals surface area contributed by atoms with Crippen LogP contribution in [0.4, 0.5) is 0 Å². The molecule has 0 aromatic heterocycles. The largest absolute Gasteiger partial charge is 0.356 e. The predicted octanol–water partition coefficient (Wildman–Crippen LogP) is 2.92. The Morgan fingerprint density at radius 1 is 1.09 bits per heavy atom. The lowest BCUT2D eigenvalue weighted by Gasteiger charge is -2.38. The van der Waals surface area contributed by atoms with E-state index in [4.69, 9.17) is 5.73 Å². The minimum atomic E-state index is -0.592. The topological polar surface area (TPSA) is 105 Å². The van der Waals surface area contributed by atoms with Gasteiger partial charge >= 0.3 is 0 Å². The summed E-state index contributed by atoms with van der Waals surface area (Å²) in [5.41, 5.74) is 6.52. The van der Waals surface area contributed by atoms with E-state index in [2.05, 4.69) is 17.6 Å². The van der Waals surface area contributed by atoms with Crippen LogP contribution in [0.3, 0.4) is 0 Å². The molecule has 2 atom stereocenters. The molecule has 1 aromatic rings. The van der Waals surface area contributed by atoms with E-state index >= 15 is 0 Å². The van der Waals surface area contributed by atoms with Gasteiger partial charge < -0.3 is 21.3 Å². The molecular formula is C26H42N4O3. The van der Waals surface area contributed by atoms with Gasteiger partial charge in [0.15, 0.2) is 0 Å². The highest BCUT2D eigenvalue weighted by molar-refractivity contribution is 5.95. The molecule has 0 aliphatic carbocycles. The molecule has 7 nitrogen and oxygen atoms in total. The molecule has 1 aliphatic heterocycles. The van der Waals surface area contributed by atoms with Crippen LogP contribution in [0.5, 0.6) is 0 Å². The highest BCUT2D eigenvalue weighted by atomic mass is 16.2. The number of carbonyl (C=O) groups is 3. The average Bonchev–Trinajstić information content (AvgIpc) is 2.80. The first-order valence-corrected chi connectivity index (χ1v) is 12.7. The van der Waals surface area contributed by atoms with Gasteiger partial charge in [0.05, 0.1) is 6.54 Å². The van der Waals surface area contributed by atoms with Crippen molar-refractivity contribution in [2.75, 3.05) is 19.6 Å². The molecule has 184 valence electrons. The van der Waals surface area contributed by atoms with Crippen LogP contribution in [0.15, 0.2) is 30.3 Å². The van der Waals surface area contributed by atoms with Gasteiger partial charge in [-0.2, -0.15) is 0 Å². The van der Waals surface area contributed by atoms with Crippen molar-refractivity contribution >= 4 is 17.7 Å². The normalized spacial score (nSPS) is 17.0. The first-order chi connectivity index (χ1) is 16.0. The number of carbonyl (C=O) groups excluding carboxylic acids is 3. The van der Waals surface area contributed by atoms with Crippen molar-refractivity contribution in [2.24, 2.45) is 5.73 Å². The molecule has 2 unspecified atom stereocenters. The Bertz CT molecular complexity index is 726. The van der Waals surface area contributed by atoms with E-state index in [1.54, 1.807) is 4.90 Å². The zero-order valence-electron chi connectivity index (χ0n) is 20.2. The van der Waals surface area contributed by atoms with E-state index in [1.165, 1.54) is 32.1 Å². The standard InChI is InChI=1S/C26H42N4O3/c1-2-3-4-5-6-7-11-15-22(19-24(31)28-17-12-16-27)30-20-25(32)29-23(26(30)33)18-21-13-9-8-10-14-21/h8-10,13-14,22-23H,2-7,11-12,15-20,27H2,1H3,(H,28,31)(H,29,32). The van der Waals surface area contributed by atoms with Crippen LogP contribution in [0, 0.1) is 0 Å². The minimum absolute atomic E-state index is 0.0152. The SMILES string of the molecule is CCCCCCCCCC(CC(=O)NCCCN)N1CC(=O)NC(Cc2ccccc2)C1=O. The number of nitrogens with one attached hydrogen (secondary N) is 2. The summed E-state index contributed by atoms with van der Waals surface area (Å²) in [5, 5.41) is 5.74. The Hall–Kier alpha value is -2.41. The maximum atomic E-state index is 13.3. The first kappa shape index (κ1) is 26.8. The monoisotopic (exact) mass is 458 g/mol. The van der Waals surface area contributed by atoms with Crippen molar-refractivity contribution in [3.63, 3.8) is 0 Å². The average molecular weight is 459 g/mol. The van der Waals surface area contributed by atoms with Crippen molar-refractivity contribution in [1.82, 2.24) is 15.5 Å². The molecule has 1 aliphatic rings. The molecule has 33 heavy (non-hydrogen) atoms. The van der Waals surface area contributed by atoms with E-state index in [0.717, 1.165) is 31.2 Å². The van der Waals surface area contributed by atoms with Crippen molar-refractivity contribution in [3.05, 3.63) is 35.9 Å². The fraction of sp³-hybridized carbons (Fsp3) is 0.654. The number of hydrogen-bond donors (Lipinski definition) is 3. The summed E-state index contributed by atoms with van der Waals surface area (Å²) in [6.45, 7) is 3.28. The van der Waals surface area contributed by atoms with E-state index in [1.807, 2.05) is 30.3 Å². The number of nitrogens with zero attached hydrogens (tertiary/aromatic N) is 1. The summed E-state index contributed by atoms with van der Waals surface area (Å²) < 4.78 is 0. The Morgan fingerprint density at radius 3 is 2.48 bits per heavy atom. The van der Waals surface area contributed by atoms with Crippen LogP contribution in [-0.4, -0.2) is 54.3 Å². The molecule has 0 spiro atoms. The van der Waals surface area contributed by atoms with Gasteiger partial charge in [0.1, 0.15) is 6.04 Å². The highest BCUT2D eigenvalue weighted by Crippen LogP contribution is 2.20.